The van der Waals surface area contributed by atoms with Crippen LogP contribution < -0.4 is 5.32 Å². The number of fused-ring (bicyclic) bond motifs is 1. The van der Waals surface area contributed by atoms with Crippen LogP contribution in [-0.4, -0.2) is 88.0 Å². The Morgan fingerprint density at radius 1 is 1.39 bits per heavy atom. The standard InChI is InChI=1S/C19H29N3O5S/c1-6-20-17(24)12-7-11(8-22(12,4)5)28-16-9(2)14-13(10(3)23)18(25)21(14)15(16)19(26)27/h9-14,23H,6-8H2,1-5H3,(H-,20,24,26,27)/p+1/t9?,10?,11?,12?,13?,14-/m1/s1. The molecule has 2 saturated heterocycles. The van der Waals surface area contributed by atoms with Gasteiger partial charge in [0.25, 0.3) is 5.91 Å². The molecule has 0 aliphatic carbocycles. The number of carboxylic acids is 1. The van der Waals surface area contributed by atoms with Gasteiger partial charge >= 0.3 is 5.97 Å². The number of carboxylic acid groups (broad SMARTS) is 1. The molecule has 6 atom stereocenters. The summed E-state index contributed by atoms with van der Waals surface area (Å²) in [7, 11) is 4.04. The lowest BCUT2D eigenvalue weighted by molar-refractivity contribution is -0.892. The number of aliphatic carboxylic acids is 1. The summed E-state index contributed by atoms with van der Waals surface area (Å²) in [5, 5.41) is 22.7. The molecule has 0 spiro atoms. The average Bonchev–Trinajstić information content (AvgIpc) is 3.00. The fraction of sp³-hybridized carbons (Fsp3) is 0.737. The number of quaternary nitrogens is 1. The van der Waals surface area contributed by atoms with E-state index < -0.39 is 18.0 Å². The molecule has 9 heteroatoms. The molecular formula is C19H30N3O5S+. The van der Waals surface area contributed by atoms with E-state index in [1.807, 2.05) is 27.9 Å². The summed E-state index contributed by atoms with van der Waals surface area (Å²) in [6.45, 7) is 6.72. The summed E-state index contributed by atoms with van der Waals surface area (Å²) >= 11 is 1.49. The Morgan fingerprint density at radius 3 is 2.57 bits per heavy atom. The number of nitrogens with one attached hydrogen (secondary N) is 1. The summed E-state index contributed by atoms with van der Waals surface area (Å²) in [6, 6.07) is -0.476. The predicted molar refractivity (Wildman–Crippen MR) is 105 cm³/mol. The third-order valence-corrected chi connectivity index (χ3v) is 7.76. The van der Waals surface area contributed by atoms with E-state index in [0.29, 0.717) is 22.4 Å². The summed E-state index contributed by atoms with van der Waals surface area (Å²) in [4.78, 5) is 38.9. The van der Waals surface area contributed by atoms with Crippen LogP contribution in [0.2, 0.25) is 0 Å². The Bertz CT molecular complexity index is 735. The van der Waals surface area contributed by atoms with Crippen LogP contribution in [0.1, 0.15) is 27.2 Å². The van der Waals surface area contributed by atoms with Crippen LogP contribution in [0.3, 0.4) is 0 Å². The van der Waals surface area contributed by atoms with Gasteiger partial charge in [0, 0.05) is 23.8 Å². The van der Waals surface area contributed by atoms with Crippen LogP contribution in [0.5, 0.6) is 0 Å². The summed E-state index contributed by atoms with van der Waals surface area (Å²) in [5.41, 5.74) is 0.0520. The molecule has 2 amide bonds. The van der Waals surface area contributed by atoms with Crippen LogP contribution in [0.25, 0.3) is 0 Å². The molecule has 0 bridgehead atoms. The minimum Gasteiger partial charge on any atom is -0.477 e. The molecule has 156 valence electrons. The number of aliphatic hydroxyl groups is 1. The highest BCUT2D eigenvalue weighted by atomic mass is 32.2. The monoisotopic (exact) mass is 412 g/mol. The molecule has 2 fully saturated rings. The maximum Gasteiger partial charge on any atom is 0.353 e. The van der Waals surface area contributed by atoms with Gasteiger partial charge < -0.3 is 24.9 Å². The second-order valence-corrected chi connectivity index (χ2v) is 9.96. The fourth-order valence-electron chi connectivity index (χ4n) is 4.92. The minimum absolute atomic E-state index is 0.0238. The van der Waals surface area contributed by atoms with Gasteiger partial charge in [0.1, 0.15) is 5.70 Å². The highest BCUT2D eigenvalue weighted by Crippen LogP contribution is 2.52. The van der Waals surface area contributed by atoms with E-state index in [1.165, 1.54) is 16.7 Å². The molecule has 3 rings (SSSR count). The van der Waals surface area contributed by atoms with Crippen molar-refractivity contribution in [2.45, 2.75) is 50.6 Å². The molecule has 0 aromatic heterocycles. The third kappa shape index (κ3) is 3.23. The maximum atomic E-state index is 12.4. The van der Waals surface area contributed by atoms with E-state index in [4.69, 9.17) is 0 Å². The van der Waals surface area contributed by atoms with Gasteiger partial charge in [-0.15, -0.1) is 11.8 Å². The Labute approximate surface area is 169 Å². The van der Waals surface area contributed by atoms with Crippen LogP contribution in [0.4, 0.5) is 0 Å². The van der Waals surface area contributed by atoms with E-state index in [1.54, 1.807) is 6.92 Å². The molecule has 28 heavy (non-hydrogen) atoms. The minimum atomic E-state index is -1.11. The Balaban J connectivity index is 1.83. The van der Waals surface area contributed by atoms with Gasteiger partial charge in [0.2, 0.25) is 5.91 Å². The number of likely N-dealkylation sites (tertiary alicyclic amines) is 1. The zero-order valence-electron chi connectivity index (χ0n) is 17.0. The molecule has 3 heterocycles. The van der Waals surface area contributed by atoms with Crippen molar-refractivity contribution in [1.82, 2.24) is 10.2 Å². The number of likely N-dealkylation sites (N-methyl/N-ethyl adjacent to an activating group) is 2. The highest BCUT2D eigenvalue weighted by molar-refractivity contribution is 8.03. The molecule has 3 N–H and O–H groups in total. The smallest absolute Gasteiger partial charge is 0.353 e. The number of hydrogen-bond acceptors (Lipinski definition) is 5. The van der Waals surface area contributed by atoms with Gasteiger partial charge in [0.05, 0.1) is 44.0 Å². The average molecular weight is 413 g/mol. The van der Waals surface area contributed by atoms with Crippen LogP contribution in [-0.2, 0) is 14.4 Å². The molecule has 8 nitrogen and oxygen atoms in total. The topological polar surface area (TPSA) is 107 Å². The predicted octanol–water partition coefficient (Wildman–Crippen LogP) is 0.227. The van der Waals surface area contributed by atoms with Crippen molar-refractivity contribution in [2.24, 2.45) is 11.8 Å². The number of amides is 2. The molecular weight excluding hydrogens is 382 g/mol. The van der Waals surface area contributed by atoms with Crippen molar-refractivity contribution >= 4 is 29.5 Å². The Hall–Kier alpha value is -1.58. The largest absolute Gasteiger partial charge is 0.477 e. The van der Waals surface area contributed by atoms with Crippen molar-refractivity contribution in [3.05, 3.63) is 10.6 Å². The first kappa shape index (κ1) is 21.1. The number of carbonyl (C=O) groups is 3. The van der Waals surface area contributed by atoms with E-state index >= 15 is 0 Å². The summed E-state index contributed by atoms with van der Waals surface area (Å²) in [6.07, 6.45) is -0.148. The second-order valence-electron chi connectivity index (χ2n) is 8.62. The molecule has 5 unspecified atom stereocenters. The van der Waals surface area contributed by atoms with Gasteiger partial charge in [-0.2, -0.15) is 0 Å². The molecule has 0 aromatic rings. The number of thioether (sulfide) groups is 1. The Morgan fingerprint density at radius 2 is 2.04 bits per heavy atom. The normalized spacial score (nSPS) is 34.9. The lowest BCUT2D eigenvalue weighted by Crippen LogP contribution is -2.63. The van der Waals surface area contributed by atoms with Crippen molar-refractivity contribution in [1.29, 1.82) is 0 Å². The van der Waals surface area contributed by atoms with Crippen molar-refractivity contribution in [2.75, 3.05) is 27.2 Å². The van der Waals surface area contributed by atoms with E-state index in [-0.39, 0.29) is 40.8 Å². The number of carbonyl (C=O) groups excluding carboxylic acids is 2. The van der Waals surface area contributed by atoms with Crippen molar-refractivity contribution in [3.63, 3.8) is 0 Å². The third-order valence-electron chi connectivity index (χ3n) is 6.26. The fourth-order valence-corrected chi connectivity index (χ4v) is 6.67. The zero-order chi connectivity index (χ0) is 21.0. The number of aliphatic hydroxyl groups excluding tert-OH is 1. The van der Waals surface area contributed by atoms with E-state index in [9.17, 15) is 24.6 Å². The summed E-state index contributed by atoms with van der Waals surface area (Å²) in [5.74, 6) is -2.10. The molecule has 0 saturated carbocycles. The van der Waals surface area contributed by atoms with Gasteiger partial charge in [-0.1, -0.05) is 6.92 Å². The van der Waals surface area contributed by atoms with Crippen molar-refractivity contribution in [3.8, 4) is 0 Å². The lowest BCUT2D eigenvalue weighted by atomic mass is 9.79. The van der Waals surface area contributed by atoms with Crippen molar-refractivity contribution < 1.29 is 29.1 Å². The quantitative estimate of drug-likeness (QED) is 0.426. The van der Waals surface area contributed by atoms with Gasteiger partial charge in [0.15, 0.2) is 6.04 Å². The van der Waals surface area contributed by atoms with Gasteiger partial charge in [-0.25, -0.2) is 4.79 Å². The van der Waals surface area contributed by atoms with Crippen LogP contribution in [0, 0.1) is 11.8 Å². The maximum absolute atomic E-state index is 12.4. The summed E-state index contributed by atoms with van der Waals surface area (Å²) < 4.78 is 0.552. The first-order chi connectivity index (χ1) is 13.0. The van der Waals surface area contributed by atoms with Gasteiger partial charge in [-0.3, -0.25) is 9.59 Å². The number of β-lactam (4-membered cyclic amide) rings is 1. The number of rotatable bonds is 6. The molecule has 3 aliphatic rings. The van der Waals surface area contributed by atoms with E-state index in [2.05, 4.69) is 5.32 Å². The molecule has 3 aliphatic heterocycles. The zero-order valence-corrected chi connectivity index (χ0v) is 17.8. The van der Waals surface area contributed by atoms with Crippen LogP contribution in [0.15, 0.2) is 10.6 Å². The molecule has 0 aromatic carbocycles. The van der Waals surface area contributed by atoms with Gasteiger partial charge in [-0.05, 0) is 13.8 Å². The SMILES string of the molecule is CCNC(=O)C1CC(SC2=C(C(=O)O)N3C(=O)C(C(C)O)[C@H]3C2C)C[N+]1(C)C. The lowest BCUT2D eigenvalue weighted by Gasteiger charge is -2.46. The van der Waals surface area contributed by atoms with Crippen LogP contribution >= 0.6 is 11.8 Å². The Kier molecular flexibility index (Phi) is 5.55. The number of nitrogens with zero attached hydrogens (tertiary/aromatic N) is 2. The first-order valence-corrected chi connectivity index (χ1v) is 10.6. The first-order valence-electron chi connectivity index (χ1n) is 9.76. The second kappa shape index (κ2) is 7.35. The highest BCUT2D eigenvalue weighted by Gasteiger charge is 2.60. The molecule has 0 radical (unpaired) electrons. The van der Waals surface area contributed by atoms with E-state index in [0.717, 1.165) is 6.54 Å². The number of hydrogen-bond donors (Lipinski definition) is 3.